The maximum atomic E-state index is 12.8. The van der Waals surface area contributed by atoms with Crippen LogP contribution in [-0.2, 0) is 9.59 Å². The summed E-state index contributed by atoms with van der Waals surface area (Å²) in [6.07, 6.45) is 5.18. The molecule has 26 heavy (non-hydrogen) atoms. The van der Waals surface area contributed by atoms with Gasteiger partial charge in [0.1, 0.15) is 5.92 Å². The third-order valence-electron chi connectivity index (χ3n) is 5.11. The normalized spacial score (nSPS) is 23.7. The first-order valence-electron chi connectivity index (χ1n) is 8.86. The first-order chi connectivity index (χ1) is 12.5. The first-order valence-corrected chi connectivity index (χ1v) is 8.86. The van der Waals surface area contributed by atoms with E-state index in [9.17, 15) is 19.7 Å². The third-order valence-corrected chi connectivity index (χ3v) is 5.11. The molecule has 8 heteroatoms. The summed E-state index contributed by atoms with van der Waals surface area (Å²) in [5, 5.41) is 17.9. The minimum atomic E-state index is -0.934. The number of hydrazone groups is 1. The third kappa shape index (κ3) is 3.74. The van der Waals surface area contributed by atoms with Crippen molar-refractivity contribution < 1.29 is 14.5 Å². The Balaban J connectivity index is 1.85. The smallest absolute Gasteiger partial charge is 0.269 e. The van der Waals surface area contributed by atoms with Crippen molar-refractivity contribution in [3.05, 3.63) is 39.9 Å². The number of hydrogen-bond donors (Lipinski definition) is 2. The second kappa shape index (κ2) is 7.63. The van der Waals surface area contributed by atoms with Gasteiger partial charge in [-0.25, -0.2) is 5.43 Å². The predicted octanol–water partition coefficient (Wildman–Crippen LogP) is 2.25. The van der Waals surface area contributed by atoms with Crippen molar-refractivity contribution in [1.29, 1.82) is 0 Å². The number of nitro groups is 1. The van der Waals surface area contributed by atoms with Crippen molar-refractivity contribution >= 4 is 23.2 Å². The van der Waals surface area contributed by atoms with E-state index in [1.54, 1.807) is 19.1 Å². The Morgan fingerprint density at radius 3 is 2.50 bits per heavy atom. The lowest BCUT2D eigenvalue weighted by Gasteiger charge is -2.31. The number of nitrogens with one attached hydrogen (secondary N) is 2. The van der Waals surface area contributed by atoms with Gasteiger partial charge >= 0.3 is 0 Å². The van der Waals surface area contributed by atoms with Crippen molar-refractivity contribution in [2.24, 2.45) is 11.0 Å². The Labute approximate surface area is 151 Å². The second-order valence-corrected chi connectivity index (χ2v) is 6.88. The van der Waals surface area contributed by atoms with Gasteiger partial charge in [0.2, 0.25) is 5.91 Å². The molecule has 0 saturated heterocycles. The molecule has 2 aliphatic rings. The number of amides is 2. The molecule has 0 spiro atoms. The average molecular weight is 358 g/mol. The number of non-ortho nitro benzene ring substituents is 1. The maximum Gasteiger partial charge on any atom is 0.269 e. The van der Waals surface area contributed by atoms with E-state index in [-0.39, 0.29) is 17.6 Å². The van der Waals surface area contributed by atoms with Gasteiger partial charge in [-0.2, -0.15) is 5.10 Å². The zero-order valence-electron chi connectivity index (χ0n) is 14.6. The number of carbonyl (C=O) groups excluding carboxylic acids is 2. The molecule has 0 bridgehead atoms. The molecule has 138 valence electrons. The van der Waals surface area contributed by atoms with Gasteiger partial charge < -0.3 is 5.32 Å². The largest absolute Gasteiger partial charge is 0.353 e. The van der Waals surface area contributed by atoms with Gasteiger partial charge in [-0.05, 0) is 25.3 Å². The Bertz CT molecular complexity index is 738. The van der Waals surface area contributed by atoms with E-state index >= 15 is 0 Å². The first kappa shape index (κ1) is 18.0. The zero-order valence-corrected chi connectivity index (χ0v) is 14.6. The van der Waals surface area contributed by atoms with Gasteiger partial charge in [0.05, 0.1) is 4.92 Å². The molecule has 2 amide bonds. The van der Waals surface area contributed by atoms with Gasteiger partial charge in [0.15, 0.2) is 0 Å². The van der Waals surface area contributed by atoms with E-state index in [1.807, 2.05) is 0 Å². The summed E-state index contributed by atoms with van der Waals surface area (Å²) in [6.45, 7) is 1.74. The minimum Gasteiger partial charge on any atom is -0.353 e. The molecule has 2 N–H and O–H groups in total. The quantitative estimate of drug-likeness (QED) is 0.488. The summed E-state index contributed by atoms with van der Waals surface area (Å²) in [4.78, 5) is 35.6. The zero-order chi connectivity index (χ0) is 18.7. The number of nitrogens with zero attached hydrogens (tertiary/aromatic N) is 2. The Kier molecular flexibility index (Phi) is 5.29. The molecular formula is C18H22N4O4. The van der Waals surface area contributed by atoms with E-state index < -0.39 is 22.7 Å². The van der Waals surface area contributed by atoms with E-state index in [2.05, 4.69) is 15.8 Å². The average Bonchev–Trinajstić information content (AvgIpc) is 2.64. The van der Waals surface area contributed by atoms with Crippen LogP contribution >= 0.6 is 0 Å². The number of nitro benzene ring substituents is 1. The maximum absolute atomic E-state index is 12.8. The summed E-state index contributed by atoms with van der Waals surface area (Å²) in [5.74, 6) is -2.23. The van der Waals surface area contributed by atoms with Gasteiger partial charge in [0, 0.05) is 29.8 Å². The molecule has 2 unspecified atom stereocenters. The highest BCUT2D eigenvalue weighted by Gasteiger charge is 2.41. The number of rotatable bonds is 4. The summed E-state index contributed by atoms with van der Waals surface area (Å²) in [7, 11) is 0. The fourth-order valence-electron chi connectivity index (χ4n) is 3.72. The van der Waals surface area contributed by atoms with Crippen LogP contribution in [0.2, 0.25) is 0 Å². The Morgan fingerprint density at radius 2 is 1.88 bits per heavy atom. The summed E-state index contributed by atoms with van der Waals surface area (Å²) in [6, 6.07) is 6.03. The lowest BCUT2D eigenvalue weighted by atomic mass is 9.80. The molecule has 2 atom stereocenters. The highest BCUT2D eigenvalue weighted by Crippen LogP contribution is 2.31. The predicted molar refractivity (Wildman–Crippen MR) is 95.6 cm³/mol. The monoisotopic (exact) mass is 358 g/mol. The molecule has 3 rings (SSSR count). The lowest BCUT2D eigenvalue weighted by Crippen LogP contribution is -2.50. The molecule has 1 heterocycles. The van der Waals surface area contributed by atoms with Crippen LogP contribution in [0.15, 0.2) is 29.4 Å². The Hall–Kier alpha value is -2.77. The van der Waals surface area contributed by atoms with E-state index in [1.165, 1.54) is 18.6 Å². The molecule has 1 aromatic carbocycles. The molecule has 8 nitrogen and oxygen atoms in total. The van der Waals surface area contributed by atoms with Crippen LogP contribution in [-0.4, -0.2) is 28.5 Å². The lowest BCUT2D eigenvalue weighted by molar-refractivity contribution is -0.384. The van der Waals surface area contributed by atoms with Crippen molar-refractivity contribution in [2.75, 3.05) is 0 Å². The van der Waals surface area contributed by atoms with E-state index in [0.717, 1.165) is 25.7 Å². The highest BCUT2D eigenvalue weighted by molar-refractivity contribution is 6.09. The standard InChI is InChI=1S/C18H22N4O4/c1-11-15(12-7-9-14(10-8-12)22(25)26)16(18(24)21-20-11)17(23)19-13-5-3-2-4-6-13/h7-10,13,15-16H,2-6H2,1H3,(H,19,23)(H,21,24). The summed E-state index contributed by atoms with van der Waals surface area (Å²) in [5.41, 5.74) is 3.64. The molecule has 0 aromatic heterocycles. The Morgan fingerprint density at radius 1 is 1.23 bits per heavy atom. The van der Waals surface area contributed by atoms with Crippen molar-refractivity contribution in [1.82, 2.24) is 10.7 Å². The van der Waals surface area contributed by atoms with Gasteiger partial charge in [0.25, 0.3) is 11.6 Å². The molecule has 1 aromatic rings. The molecule has 1 aliphatic carbocycles. The molecule has 1 aliphatic heterocycles. The second-order valence-electron chi connectivity index (χ2n) is 6.88. The SMILES string of the molecule is CC1=NNC(=O)C(C(=O)NC2CCCCC2)C1c1ccc([N+](=O)[O-])cc1. The fourth-order valence-corrected chi connectivity index (χ4v) is 3.72. The topological polar surface area (TPSA) is 114 Å². The van der Waals surface area contributed by atoms with Gasteiger partial charge in [-0.15, -0.1) is 0 Å². The van der Waals surface area contributed by atoms with Crippen LogP contribution in [0.25, 0.3) is 0 Å². The summed E-state index contributed by atoms with van der Waals surface area (Å²) >= 11 is 0. The molecule has 1 saturated carbocycles. The van der Waals surface area contributed by atoms with Crippen molar-refractivity contribution in [3.63, 3.8) is 0 Å². The number of carbonyl (C=O) groups is 2. The number of hydrogen-bond acceptors (Lipinski definition) is 5. The fraction of sp³-hybridized carbons (Fsp3) is 0.500. The van der Waals surface area contributed by atoms with Crippen LogP contribution in [0.3, 0.4) is 0 Å². The molecular weight excluding hydrogens is 336 g/mol. The van der Waals surface area contributed by atoms with Crippen LogP contribution < -0.4 is 10.7 Å². The van der Waals surface area contributed by atoms with Crippen LogP contribution in [0.5, 0.6) is 0 Å². The molecule has 1 fully saturated rings. The number of benzene rings is 1. The summed E-state index contributed by atoms with van der Waals surface area (Å²) < 4.78 is 0. The van der Waals surface area contributed by atoms with Crippen LogP contribution in [0.1, 0.15) is 50.5 Å². The van der Waals surface area contributed by atoms with E-state index in [4.69, 9.17) is 0 Å². The highest BCUT2D eigenvalue weighted by atomic mass is 16.6. The van der Waals surface area contributed by atoms with Gasteiger partial charge in [-0.1, -0.05) is 31.4 Å². The van der Waals surface area contributed by atoms with Crippen LogP contribution in [0.4, 0.5) is 5.69 Å². The molecule has 0 radical (unpaired) electrons. The minimum absolute atomic E-state index is 0.0354. The van der Waals surface area contributed by atoms with E-state index in [0.29, 0.717) is 11.3 Å². The van der Waals surface area contributed by atoms with Crippen LogP contribution in [0, 0.1) is 16.0 Å². The van der Waals surface area contributed by atoms with Crippen molar-refractivity contribution in [3.8, 4) is 0 Å². The van der Waals surface area contributed by atoms with Gasteiger partial charge in [-0.3, -0.25) is 19.7 Å². The van der Waals surface area contributed by atoms with Crippen molar-refractivity contribution in [2.45, 2.75) is 51.0 Å².